The molecule has 1 aliphatic rings. The molecule has 3 heteroatoms. The summed E-state index contributed by atoms with van der Waals surface area (Å²) in [6, 6.07) is 0. The number of rotatable bonds is 1. The molecule has 1 unspecified atom stereocenters. The maximum absolute atomic E-state index is 9.47. The second kappa shape index (κ2) is 2.76. The van der Waals surface area contributed by atoms with Gasteiger partial charge < -0.3 is 5.11 Å². The van der Waals surface area contributed by atoms with Crippen LogP contribution in [0.25, 0.3) is 0 Å². The fraction of sp³-hybridized carbons (Fsp3) is 0.571. The maximum atomic E-state index is 9.47. The molecule has 1 N–H and O–H groups in total. The van der Waals surface area contributed by atoms with Crippen LogP contribution in [0.1, 0.15) is 20.3 Å². The van der Waals surface area contributed by atoms with E-state index < -0.39 is 4.93 Å². The van der Waals surface area contributed by atoms with Gasteiger partial charge in [0.15, 0.2) is 0 Å². The van der Waals surface area contributed by atoms with Gasteiger partial charge in [-0.25, -0.2) is 0 Å². The van der Waals surface area contributed by atoms with Crippen LogP contribution in [-0.2, 0) is 0 Å². The van der Waals surface area contributed by atoms with Crippen LogP contribution in [0.5, 0.6) is 0 Å². The van der Waals surface area contributed by atoms with Gasteiger partial charge in [0.25, 0.3) is 0 Å². The predicted molar refractivity (Wildman–Crippen MR) is 45.1 cm³/mol. The van der Waals surface area contributed by atoms with Crippen molar-refractivity contribution in [2.24, 2.45) is 4.99 Å². The molecule has 1 atom stereocenters. The largest absolute Gasteiger partial charge is 0.376 e. The molecule has 10 heavy (non-hydrogen) atoms. The summed E-state index contributed by atoms with van der Waals surface area (Å²) in [5.74, 6) is 0. The average molecular weight is 157 g/mol. The summed E-state index contributed by atoms with van der Waals surface area (Å²) in [5.41, 5.74) is 0. The first-order valence-electron chi connectivity index (χ1n) is 3.30. The summed E-state index contributed by atoms with van der Waals surface area (Å²) >= 11 is 1.41. The number of hydrogen-bond acceptors (Lipinski definition) is 3. The first-order valence-corrected chi connectivity index (χ1v) is 4.11. The Morgan fingerprint density at radius 1 is 1.80 bits per heavy atom. The van der Waals surface area contributed by atoms with E-state index in [-0.39, 0.29) is 0 Å². The number of aliphatic imine (C=N–C) groups is 1. The highest BCUT2D eigenvalue weighted by Crippen LogP contribution is 2.29. The van der Waals surface area contributed by atoms with E-state index in [1.807, 2.05) is 6.92 Å². The molecule has 1 aliphatic heterocycles. The van der Waals surface area contributed by atoms with Crippen LogP contribution in [0.15, 0.2) is 17.3 Å². The number of hydrogen-bond donors (Lipinski definition) is 1. The Morgan fingerprint density at radius 2 is 2.50 bits per heavy atom. The van der Waals surface area contributed by atoms with E-state index in [1.165, 1.54) is 11.8 Å². The molecule has 0 amide bonds. The molecule has 0 saturated carbocycles. The Labute approximate surface area is 65.0 Å². The van der Waals surface area contributed by atoms with E-state index in [0.717, 1.165) is 11.5 Å². The molecule has 0 aromatic heterocycles. The lowest BCUT2D eigenvalue weighted by Gasteiger charge is -2.20. The lowest BCUT2D eigenvalue weighted by Crippen LogP contribution is -2.19. The van der Waals surface area contributed by atoms with Crippen molar-refractivity contribution in [2.75, 3.05) is 0 Å². The Kier molecular flexibility index (Phi) is 2.16. The SMILES string of the molecule is CCC1=NC=CC(C)(O)S1. The van der Waals surface area contributed by atoms with Gasteiger partial charge in [0.1, 0.15) is 4.93 Å². The Morgan fingerprint density at radius 3 is 2.90 bits per heavy atom. The normalized spacial score (nSPS) is 32.1. The Balaban J connectivity index is 2.68. The predicted octanol–water partition coefficient (Wildman–Crippen LogP) is 1.76. The van der Waals surface area contributed by atoms with Crippen LogP contribution in [0.4, 0.5) is 0 Å². The first-order chi connectivity index (χ1) is 4.64. The quantitative estimate of drug-likeness (QED) is 0.629. The minimum Gasteiger partial charge on any atom is -0.376 e. The van der Waals surface area contributed by atoms with Gasteiger partial charge in [0.2, 0.25) is 0 Å². The molecule has 0 saturated heterocycles. The number of aliphatic hydroxyl groups is 1. The summed E-state index contributed by atoms with van der Waals surface area (Å²) < 4.78 is 0. The maximum Gasteiger partial charge on any atom is 0.133 e. The van der Waals surface area contributed by atoms with Crippen molar-refractivity contribution in [3.63, 3.8) is 0 Å². The summed E-state index contributed by atoms with van der Waals surface area (Å²) in [6.07, 6.45) is 4.25. The number of thioether (sulfide) groups is 1. The van der Waals surface area contributed by atoms with Gasteiger partial charge in [-0.2, -0.15) is 0 Å². The van der Waals surface area contributed by atoms with E-state index in [4.69, 9.17) is 0 Å². The summed E-state index contributed by atoms with van der Waals surface area (Å²) in [5, 5.41) is 10.5. The van der Waals surface area contributed by atoms with Gasteiger partial charge in [0.05, 0.1) is 5.04 Å². The standard InChI is InChI=1S/C7H11NOS/c1-3-6-8-5-4-7(2,9)10-6/h4-5,9H,3H2,1-2H3. The van der Waals surface area contributed by atoms with Crippen molar-refractivity contribution in [2.45, 2.75) is 25.2 Å². The second-order valence-electron chi connectivity index (χ2n) is 2.35. The molecule has 0 spiro atoms. The van der Waals surface area contributed by atoms with Gasteiger partial charge in [-0.05, 0) is 19.4 Å². The highest BCUT2D eigenvalue weighted by atomic mass is 32.2. The van der Waals surface area contributed by atoms with E-state index >= 15 is 0 Å². The van der Waals surface area contributed by atoms with Crippen molar-refractivity contribution in [1.82, 2.24) is 0 Å². The molecule has 0 fully saturated rings. The second-order valence-corrected chi connectivity index (χ2v) is 3.85. The molecule has 0 radical (unpaired) electrons. The smallest absolute Gasteiger partial charge is 0.133 e. The zero-order valence-electron chi connectivity index (χ0n) is 6.16. The van der Waals surface area contributed by atoms with Gasteiger partial charge in [-0.15, -0.1) is 0 Å². The minimum atomic E-state index is -0.743. The van der Waals surface area contributed by atoms with Crippen LogP contribution in [0.3, 0.4) is 0 Å². The minimum absolute atomic E-state index is 0.743. The lowest BCUT2D eigenvalue weighted by atomic mass is 10.4. The molecule has 1 rings (SSSR count). The monoisotopic (exact) mass is 157 g/mol. The Hall–Kier alpha value is -0.280. The van der Waals surface area contributed by atoms with Gasteiger partial charge in [-0.3, -0.25) is 4.99 Å². The fourth-order valence-corrected chi connectivity index (χ4v) is 1.58. The molecule has 0 aromatic rings. The lowest BCUT2D eigenvalue weighted by molar-refractivity contribution is 0.209. The van der Waals surface area contributed by atoms with Crippen LogP contribution in [0.2, 0.25) is 0 Å². The highest BCUT2D eigenvalue weighted by Gasteiger charge is 2.21. The average Bonchev–Trinajstić information content (AvgIpc) is 1.86. The highest BCUT2D eigenvalue weighted by molar-refractivity contribution is 8.15. The van der Waals surface area contributed by atoms with E-state index in [0.29, 0.717) is 0 Å². The molecule has 0 aromatic carbocycles. The van der Waals surface area contributed by atoms with Crippen LogP contribution < -0.4 is 0 Å². The van der Waals surface area contributed by atoms with Crippen molar-refractivity contribution in [3.8, 4) is 0 Å². The van der Waals surface area contributed by atoms with Crippen molar-refractivity contribution >= 4 is 16.8 Å². The van der Waals surface area contributed by atoms with E-state index in [2.05, 4.69) is 4.99 Å². The third-order valence-corrected chi connectivity index (χ3v) is 2.41. The van der Waals surface area contributed by atoms with Gasteiger partial charge in [0, 0.05) is 6.20 Å². The Bertz CT molecular complexity index is 184. The molecule has 56 valence electrons. The molecule has 0 bridgehead atoms. The first kappa shape index (κ1) is 7.82. The third-order valence-electron chi connectivity index (χ3n) is 1.23. The topological polar surface area (TPSA) is 32.6 Å². The third kappa shape index (κ3) is 1.85. The zero-order valence-corrected chi connectivity index (χ0v) is 6.98. The van der Waals surface area contributed by atoms with Crippen molar-refractivity contribution in [3.05, 3.63) is 12.3 Å². The van der Waals surface area contributed by atoms with Crippen LogP contribution >= 0.6 is 11.8 Å². The summed E-state index contributed by atoms with van der Waals surface area (Å²) in [4.78, 5) is 3.34. The van der Waals surface area contributed by atoms with Gasteiger partial charge in [-0.1, -0.05) is 18.7 Å². The zero-order chi connectivity index (χ0) is 7.61. The molecule has 1 heterocycles. The van der Waals surface area contributed by atoms with Crippen molar-refractivity contribution < 1.29 is 5.11 Å². The molecular weight excluding hydrogens is 146 g/mol. The van der Waals surface area contributed by atoms with E-state index in [9.17, 15) is 5.11 Å². The summed E-state index contributed by atoms with van der Waals surface area (Å²) in [7, 11) is 0. The summed E-state index contributed by atoms with van der Waals surface area (Å²) in [6.45, 7) is 3.79. The van der Waals surface area contributed by atoms with Gasteiger partial charge >= 0.3 is 0 Å². The fourth-order valence-electron chi connectivity index (χ4n) is 0.721. The number of nitrogens with zero attached hydrogens (tertiary/aromatic N) is 1. The molecule has 2 nitrogen and oxygen atoms in total. The van der Waals surface area contributed by atoms with E-state index in [1.54, 1.807) is 19.2 Å². The molecular formula is C7H11NOS. The molecule has 0 aliphatic carbocycles. The van der Waals surface area contributed by atoms with Crippen LogP contribution in [0, 0.1) is 0 Å². The van der Waals surface area contributed by atoms with Crippen molar-refractivity contribution in [1.29, 1.82) is 0 Å². The van der Waals surface area contributed by atoms with Crippen LogP contribution in [-0.4, -0.2) is 15.1 Å².